The summed E-state index contributed by atoms with van der Waals surface area (Å²) in [4.78, 5) is 17.0. The molecule has 0 spiro atoms. The minimum atomic E-state index is 0.113. The third kappa shape index (κ3) is 2.42. The number of carbonyl (C=O) groups excluding carboxylic acids is 1. The van der Waals surface area contributed by atoms with E-state index in [0.717, 1.165) is 24.1 Å². The maximum absolute atomic E-state index is 11.3. The summed E-state index contributed by atoms with van der Waals surface area (Å²) < 4.78 is 0. The Kier molecular flexibility index (Phi) is 3.25. The normalized spacial score (nSPS) is 10.6. The molecule has 0 aliphatic carbocycles. The fourth-order valence-corrected chi connectivity index (χ4v) is 2.70. The summed E-state index contributed by atoms with van der Waals surface area (Å²) in [6.45, 7) is 3.72. The maximum Gasteiger partial charge on any atom is 0.176 e. The Morgan fingerprint density at radius 3 is 2.75 bits per heavy atom. The van der Waals surface area contributed by atoms with Gasteiger partial charge in [0.2, 0.25) is 0 Å². The molecule has 2 aromatic rings. The number of hydrogen-bond donors (Lipinski definition) is 1. The van der Waals surface area contributed by atoms with Gasteiger partial charge in [-0.05, 0) is 43.5 Å². The molecule has 2 aromatic heterocycles. The number of H-pyrrole nitrogens is 1. The molecule has 0 unspecified atom stereocenters. The fourth-order valence-electron chi connectivity index (χ4n) is 1.82. The first-order chi connectivity index (χ1) is 7.66. The molecule has 0 atom stereocenters. The molecule has 84 valence electrons. The van der Waals surface area contributed by atoms with E-state index in [1.807, 2.05) is 23.6 Å². The number of Topliss-reactive ketones (excluding diaryl/α,β-unsaturated/α-hetero) is 1. The van der Waals surface area contributed by atoms with Gasteiger partial charge in [-0.1, -0.05) is 0 Å². The van der Waals surface area contributed by atoms with Crippen molar-refractivity contribution in [2.24, 2.45) is 0 Å². The van der Waals surface area contributed by atoms with E-state index < -0.39 is 0 Å². The van der Waals surface area contributed by atoms with Crippen molar-refractivity contribution in [2.75, 3.05) is 0 Å². The third-order valence-corrected chi connectivity index (χ3v) is 3.68. The molecular formula is C13H15NOS. The van der Waals surface area contributed by atoms with Crippen LogP contribution >= 0.6 is 11.3 Å². The molecule has 16 heavy (non-hydrogen) atoms. The van der Waals surface area contributed by atoms with E-state index in [2.05, 4.69) is 24.0 Å². The Morgan fingerprint density at radius 1 is 1.31 bits per heavy atom. The van der Waals surface area contributed by atoms with E-state index in [0.29, 0.717) is 0 Å². The van der Waals surface area contributed by atoms with Crippen molar-refractivity contribution in [3.05, 3.63) is 45.4 Å². The Hall–Kier alpha value is -1.35. The lowest BCUT2D eigenvalue weighted by Gasteiger charge is -1.99. The Morgan fingerprint density at radius 2 is 2.12 bits per heavy atom. The molecule has 0 aromatic carbocycles. The molecule has 0 saturated carbocycles. The van der Waals surface area contributed by atoms with Crippen LogP contribution in [0.5, 0.6) is 0 Å². The van der Waals surface area contributed by atoms with Gasteiger partial charge in [0, 0.05) is 22.9 Å². The number of nitrogens with one attached hydrogen (secondary N) is 1. The molecule has 0 aliphatic rings. The van der Waals surface area contributed by atoms with Gasteiger partial charge < -0.3 is 4.98 Å². The first-order valence-electron chi connectivity index (χ1n) is 5.39. The van der Waals surface area contributed by atoms with E-state index in [1.54, 1.807) is 6.92 Å². The molecular weight excluding hydrogens is 218 g/mol. The molecule has 2 rings (SSSR count). The van der Waals surface area contributed by atoms with Crippen molar-refractivity contribution in [3.63, 3.8) is 0 Å². The average molecular weight is 233 g/mol. The minimum Gasteiger partial charge on any atom is -0.359 e. The Balaban J connectivity index is 2.04. The molecule has 3 heteroatoms. The second kappa shape index (κ2) is 4.66. The number of hydrogen-bond acceptors (Lipinski definition) is 2. The van der Waals surface area contributed by atoms with Gasteiger partial charge in [-0.2, -0.15) is 0 Å². The van der Waals surface area contributed by atoms with Crippen LogP contribution in [0.4, 0.5) is 0 Å². The smallest absolute Gasteiger partial charge is 0.176 e. The third-order valence-electron chi connectivity index (χ3n) is 2.62. The van der Waals surface area contributed by atoms with Gasteiger partial charge >= 0.3 is 0 Å². The predicted octanol–water partition coefficient (Wildman–Crippen LogP) is 3.37. The van der Waals surface area contributed by atoms with Gasteiger partial charge in [-0.25, -0.2) is 0 Å². The highest BCUT2D eigenvalue weighted by molar-refractivity contribution is 7.11. The number of aryl methyl sites for hydroxylation is 3. The van der Waals surface area contributed by atoms with Crippen LogP contribution in [0.3, 0.4) is 0 Å². The zero-order chi connectivity index (χ0) is 11.5. The fraction of sp³-hybridized carbons (Fsp3) is 0.308. The monoisotopic (exact) mass is 233 g/mol. The largest absolute Gasteiger partial charge is 0.359 e. The second-order valence-corrected chi connectivity index (χ2v) is 5.32. The highest BCUT2D eigenvalue weighted by Crippen LogP contribution is 2.18. The molecule has 1 N–H and O–H groups in total. The first kappa shape index (κ1) is 11.1. The predicted molar refractivity (Wildman–Crippen MR) is 67.3 cm³/mol. The number of carbonyl (C=O) groups is 1. The zero-order valence-corrected chi connectivity index (χ0v) is 10.4. The number of thiophene rings is 1. The van der Waals surface area contributed by atoms with Crippen molar-refractivity contribution in [1.29, 1.82) is 0 Å². The van der Waals surface area contributed by atoms with Crippen LogP contribution in [-0.4, -0.2) is 10.8 Å². The summed E-state index contributed by atoms with van der Waals surface area (Å²) >= 11 is 1.83. The van der Waals surface area contributed by atoms with E-state index in [4.69, 9.17) is 0 Å². The first-order valence-corrected chi connectivity index (χ1v) is 6.21. The van der Waals surface area contributed by atoms with Crippen LogP contribution in [-0.2, 0) is 12.8 Å². The molecule has 0 aliphatic heterocycles. The Labute approximate surface area is 99.3 Å². The quantitative estimate of drug-likeness (QED) is 0.807. The Bertz CT molecular complexity index is 496. The van der Waals surface area contributed by atoms with E-state index in [-0.39, 0.29) is 5.78 Å². The van der Waals surface area contributed by atoms with Gasteiger partial charge in [-0.15, -0.1) is 11.3 Å². The molecule has 0 saturated heterocycles. The summed E-state index contributed by atoms with van der Waals surface area (Å²) in [5.74, 6) is 0.113. The van der Waals surface area contributed by atoms with Crippen LogP contribution in [0.2, 0.25) is 0 Å². The maximum atomic E-state index is 11.3. The van der Waals surface area contributed by atoms with Crippen LogP contribution < -0.4 is 0 Å². The summed E-state index contributed by atoms with van der Waals surface area (Å²) in [6, 6.07) is 6.31. The average Bonchev–Trinajstić information content (AvgIpc) is 2.83. The van der Waals surface area contributed by atoms with Gasteiger partial charge in [0.1, 0.15) is 0 Å². The highest BCUT2D eigenvalue weighted by atomic mass is 32.1. The van der Waals surface area contributed by atoms with Gasteiger partial charge in [0.25, 0.3) is 0 Å². The topological polar surface area (TPSA) is 32.9 Å². The lowest BCUT2D eigenvalue weighted by molar-refractivity contribution is 0.101. The van der Waals surface area contributed by atoms with Crippen molar-refractivity contribution >= 4 is 17.1 Å². The zero-order valence-electron chi connectivity index (χ0n) is 9.54. The SMILES string of the molecule is CC(=O)c1[nH]ccc1CCc1ccc(C)s1. The van der Waals surface area contributed by atoms with Crippen molar-refractivity contribution in [3.8, 4) is 0 Å². The van der Waals surface area contributed by atoms with Crippen LogP contribution in [0.15, 0.2) is 24.4 Å². The summed E-state index contributed by atoms with van der Waals surface area (Å²) in [5, 5.41) is 0. The summed E-state index contributed by atoms with van der Waals surface area (Å²) in [6.07, 6.45) is 3.78. The lowest BCUT2D eigenvalue weighted by atomic mass is 10.1. The number of rotatable bonds is 4. The standard InChI is InChI=1S/C13H15NOS/c1-9-3-5-12(16-9)6-4-11-7-8-14-13(11)10(2)15/h3,5,7-8,14H,4,6H2,1-2H3. The van der Waals surface area contributed by atoms with Crippen LogP contribution in [0.1, 0.15) is 32.7 Å². The number of aromatic amines is 1. The van der Waals surface area contributed by atoms with Crippen molar-refractivity contribution in [2.45, 2.75) is 26.7 Å². The summed E-state index contributed by atoms with van der Waals surface area (Å²) in [5.41, 5.74) is 1.88. The van der Waals surface area contributed by atoms with E-state index in [9.17, 15) is 4.79 Å². The van der Waals surface area contributed by atoms with E-state index in [1.165, 1.54) is 9.75 Å². The van der Waals surface area contributed by atoms with Crippen molar-refractivity contribution in [1.82, 2.24) is 4.98 Å². The minimum absolute atomic E-state index is 0.113. The molecule has 2 nitrogen and oxygen atoms in total. The molecule has 0 radical (unpaired) electrons. The van der Waals surface area contributed by atoms with Gasteiger partial charge in [-0.3, -0.25) is 4.79 Å². The van der Waals surface area contributed by atoms with E-state index >= 15 is 0 Å². The summed E-state index contributed by atoms with van der Waals surface area (Å²) in [7, 11) is 0. The van der Waals surface area contributed by atoms with Crippen LogP contribution in [0.25, 0.3) is 0 Å². The lowest BCUT2D eigenvalue weighted by Crippen LogP contribution is -1.99. The number of ketones is 1. The van der Waals surface area contributed by atoms with Gasteiger partial charge in [0.15, 0.2) is 5.78 Å². The molecule has 0 fully saturated rings. The van der Waals surface area contributed by atoms with Crippen LogP contribution in [0, 0.1) is 6.92 Å². The van der Waals surface area contributed by atoms with Crippen molar-refractivity contribution < 1.29 is 4.79 Å². The molecule has 2 heterocycles. The highest BCUT2D eigenvalue weighted by Gasteiger charge is 2.08. The van der Waals surface area contributed by atoms with Gasteiger partial charge in [0.05, 0.1) is 5.69 Å². The second-order valence-electron chi connectivity index (χ2n) is 3.95. The number of aromatic nitrogens is 1. The molecule has 0 amide bonds. The molecule has 0 bridgehead atoms.